The first kappa shape index (κ1) is 12.9. The predicted molar refractivity (Wildman–Crippen MR) is 82.7 cm³/mol. The third kappa shape index (κ3) is 2.24. The van der Waals surface area contributed by atoms with Crippen molar-refractivity contribution in [2.75, 3.05) is 6.54 Å². The Hall–Kier alpha value is -1.12. The summed E-state index contributed by atoms with van der Waals surface area (Å²) in [6.45, 7) is 3.23. The fraction of sp³-hybridized carbons (Fsp3) is 0.412. The Balaban J connectivity index is 1.99. The van der Waals surface area contributed by atoms with E-state index < -0.39 is 0 Å². The second-order valence-electron chi connectivity index (χ2n) is 5.42. The maximum atomic E-state index is 3.73. The Morgan fingerprint density at radius 1 is 1.21 bits per heavy atom. The van der Waals surface area contributed by atoms with E-state index in [2.05, 4.69) is 59.4 Å². The summed E-state index contributed by atoms with van der Waals surface area (Å²) in [5.74, 6) is 0. The summed E-state index contributed by atoms with van der Waals surface area (Å²) >= 11 is 1.80. The molecular weight excluding hydrogens is 250 g/mol. The van der Waals surface area contributed by atoms with E-state index in [1.165, 1.54) is 30.4 Å². The molecule has 19 heavy (non-hydrogen) atoms. The van der Waals surface area contributed by atoms with Crippen LogP contribution in [0.15, 0.2) is 47.2 Å². The van der Waals surface area contributed by atoms with E-state index in [0.29, 0.717) is 11.5 Å². The molecule has 1 aromatic heterocycles. The lowest BCUT2D eigenvalue weighted by Crippen LogP contribution is -2.46. The number of benzene rings is 1. The van der Waals surface area contributed by atoms with E-state index in [1.54, 1.807) is 11.3 Å². The summed E-state index contributed by atoms with van der Waals surface area (Å²) < 4.78 is 0. The molecule has 1 unspecified atom stereocenters. The highest BCUT2D eigenvalue weighted by Gasteiger charge is 2.45. The van der Waals surface area contributed by atoms with Gasteiger partial charge in [-0.05, 0) is 47.3 Å². The normalized spacial score (nSPS) is 18.8. The fourth-order valence-electron chi connectivity index (χ4n) is 3.35. The van der Waals surface area contributed by atoms with Crippen LogP contribution in [-0.4, -0.2) is 6.54 Å². The van der Waals surface area contributed by atoms with E-state index in [9.17, 15) is 0 Å². The number of nitrogens with one attached hydrogen (secondary N) is 1. The summed E-state index contributed by atoms with van der Waals surface area (Å²) in [6.07, 6.45) is 3.94. The predicted octanol–water partition coefficient (Wildman–Crippen LogP) is 4.52. The van der Waals surface area contributed by atoms with Crippen molar-refractivity contribution in [3.8, 4) is 0 Å². The molecule has 1 atom stereocenters. The minimum Gasteiger partial charge on any atom is -0.309 e. The molecule has 3 rings (SSSR count). The molecule has 1 aromatic carbocycles. The monoisotopic (exact) mass is 271 g/mol. The molecule has 1 saturated carbocycles. The molecule has 0 aliphatic heterocycles. The number of hydrogen-bond donors (Lipinski definition) is 1. The summed E-state index contributed by atoms with van der Waals surface area (Å²) in [4.78, 5) is 0. The Morgan fingerprint density at radius 2 is 2.00 bits per heavy atom. The van der Waals surface area contributed by atoms with Crippen LogP contribution >= 0.6 is 11.3 Å². The van der Waals surface area contributed by atoms with Gasteiger partial charge in [-0.15, -0.1) is 0 Å². The van der Waals surface area contributed by atoms with Crippen LogP contribution in [0.5, 0.6) is 0 Å². The van der Waals surface area contributed by atoms with Gasteiger partial charge in [0.1, 0.15) is 0 Å². The topological polar surface area (TPSA) is 12.0 Å². The van der Waals surface area contributed by atoms with Gasteiger partial charge in [-0.25, -0.2) is 0 Å². The van der Waals surface area contributed by atoms with Gasteiger partial charge in [0.15, 0.2) is 0 Å². The zero-order valence-electron chi connectivity index (χ0n) is 11.4. The lowest BCUT2D eigenvalue weighted by molar-refractivity contribution is 0.171. The van der Waals surface area contributed by atoms with E-state index in [4.69, 9.17) is 0 Å². The molecule has 0 spiro atoms. The Kier molecular flexibility index (Phi) is 3.72. The molecule has 1 heterocycles. The summed E-state index contributed by atoms with van der Waals surface area (Å²) in [7, 11) is 0. The molecule has 100 valence electrons. The highest BCUT2D eigenvalue weighted by molar-refractivity contribution is 7.08. The number of likely N-dealkylation sites (N-methyl/N-ethyl adjacent to an activating group) is 1. The molecule has 1 fully saturated rings. The van der Waals surface area contributed by atoms with E-state index >= 15 is 0 Å². The summed E-state index contributed by atoms with van der Waals surface area (Å²) in [5.41, 5.74) is 3.26. The minimum atomic E-state index is 0.304. The molecule has 1 N–H and O–H groups in total. The molecule has 0 radical (unpaired) electrons. The lowest BCUT2D eigenvalue weighted by Gasteiger charge is -2.48. The first-order valence-electron chi connectivity index (χ1n) is 7.18. The van der Waals surface area contributed by atoms with E-state index in [1.807, 2.05) is 0 Å². The van der Waals surface area contributed by atoms with Gasteiger partial charge in [-0.2, -0.15) is 11.3 Å². The first-order chi connectivity index (χ1) is 9.37. The van der Waals surface area contributed by atoms with Crippen molar-refractivity contribution in [3.05, 3.63) is 58.3 Å². The summed E-state index contributed by atoms with van der Waals surface area (Å²) in [6, 6.07) is 13.8. The molecule has 0 amide bonds. The smallest absolute Gasteiger partial charge is 0.0426 e. The quantitative estimate of drug-likeness (QED) is 0.843. The number of rotatable bonds is 5. The maximum Gasteiger partial charge on any atom is 0.0426 e. The third-order valence-electron chi connectivity index (χ3n) is 4.43. The second-order valence-corrected chi connectivity index (χ2v) is 6.20. The fourth-order valence-corrected chi connectivity index (χ4v) is 4.03. The van der Waals surface area contributed by atoms with Crippen LogP contribution in [0, 0.1) is 0 Å². The standard InChI is InChI=1S/C17H21NS/c1-2-18-16(14-9-12-19-13-14)17(10-6-11-17)15-7-4-3-5-8-15/h3-5,7-9,12-13,16,18H,2,6,10-11H2,1H3. The Morgan fingerprint density at radius 3 is 2.53 bits per heavy atom. The van der Waals surface area contributed by atoms with Gasteiger partial charge in [0.25, 0.3) is 0 Å². The number of hydrogen-bond acceptors (Lipinski definition) is 2. The molecule has 0 bridgehead atoms. The summed E-state index contributed by atoms with van der Waals surface area (Å²) in [5, 5.41) is 8.23. The van der Waals surface area contributed by atoms with Gasteiger partial charge < -0.3 is 5.32 Å². The average Bonchev–Trinajstić information content (AvgIpc) is 2.91. The molecule has 2 heteroatoms. The molecule has 1 aliphatic carbocycles. The first-order valence-corrected chi connectivity index (χ1v) is 8.12. The van der Waals surface area contributed by atoms with Gasteiger partial charge in [0.2, 0.25) is 0 Å². The highest BCUT2D eigenvalue weighted by atomic mass is 32.1. The van der Waals surface area contributed by atoms with Crippen LogP contribution in [0.1, 0.15) is 43.4 Å². The van der Waals surface area contributed by atoms with Gasteiger partial charge in [0.05, 0.1) is 0 Å². The number of thiophene rings is 1. The molecule has 2 aromatic rings. The van der Waals surface area contributed by atoms with Gasteiger partial charge in [0, 0.05) is 11.5 Å². The van der Waals surface area contributed by atoms with Crippen LogP contribution < -0.4 is 5.32 Å². The largest absolute Gasteiger partial charge is 0.309 e. The van der Waals surface area contributed by atoms with Crippen LogP contribution in [0.3, 0.4) is 0 Å². The van der Waals surface area contributed by atoms with Gasteiger partial charge >= 0.3 is 0 Å². The van der Waals surface area contributed by atoms with Crippen molar-refractivity contribution in [1.29, 1.82) is 0 Å². The molecule has 0 saturated heterocycles. The average molecular weight is 271 g/mol. The van der Waals surface area contributed by atoms with Crippen LogP contribution in [0.2, 0.25) is 0 Å². The Labute approximate surface area is 119 Å². The third-order valence-corrected chi connectivity index (χ3v) is 5.13. The van der Waals surface area contributed by atoms with Crippen molar-refractivity contribution in [2.45, 2.75) is 37.6 Å². The van der Waals surface area contributed by atoms with E-state index in [-0.39, 0.29) is 0 Å². The zero-order valence-corrected chi connectivity index (χ0v) is 12.2. The van der Waals surface area contributed by atoms with Crippen molar-refractivity contribution in [1.82, 2.24) is 5.32 Å². The van der Waals surface area contributed by atoms with Crippen molar-refractivity contribution < 1.29 is 0 Å². The second kappa shape index (κ2) is 5.48. The van der Waals surface area contributed by atoms with Gasteiger partial charge in [-0.1, -0.05) is 43.7 Å². The molecule has 1 nitrogen and oxygen atoms in total. The van der Waals surface area contributed by atoms with Crippen molar-refractivity contribution >= 4 is 11.3 Å². The Bertz CT molecular complexity index is 499. The van der Waals surface area contributed by atoms with E-state index in [0.717, 1.165) is 6.54 Å². The minimum absolute atomic E-state index is 0.304. The lowest BCUT2D eigenvalue weighted by atomic mass is 9.59. The SMILES string of the molecule is CCNC(c1ccsc1)C1(c2ccccc2)CCC1. The molecular formula is C17H21NS. The maximum absolute atomic E-state index is 3.73. The van der Waals surface area contributed by atoms with Crippen LogP contribution in [0.4, 0.5) is 0 Å². The van der Waals surface area contributed by atoms with Crippen LogP contribution in [-0.2, 0) is 5.41 Å². The highest BCUT2D eigenvalue weighted by Crippen LogP contribution is 2.52. The van der Waals surface area contributed by atoms with Crippen molar-refractivity contribution in [3.63, 3.8) is 0 Å². The van der Waals surface area contributed by atoms with Gasteiger partial charge in [-0.3, -0.25) is 0 Å². The van der Waals surface area contributed by atoms with Crippen molar-refractivity contribution in [2.24, 2.45) is 0 Å². The van der Waals surface area contributed by atoms with Crippen LogP contribution in [0.25, 0.3) is 0 Å². The molecule has 1 aliphatic rings. The zero-order chi connectivity index (χ0) is 13.1.